The summed E-state index contributed by atoms with van der Waals surface area (Å²) in [6, 6.07) is 0. The van der Waals surface area contributed by atoms with Crippen LogP contribution in [0.5, 0.6) is 0 Å². The zero-order valence-corrected chi connectivity index (χ0v) is 9.95. The first-order chi connectivity index (χ1) is 7.61. The second kappa shape index (κ2) is 6.30. The first kappa shape index (κ1) is 12.7. The monoisotopic (exact) mass is 222 g/mol. The summed E-state index contributed by atoms with van der Waals surface area (Å²) in [5, 5.41) is 0. The van der Waals surface area contributed by atoms with Crippen LogP contribution in [0.1, 0.15) is 39.5 Å². The van der Waals surface area contributed by atoms with Gasteiger partial charge in [0.25, 0.3) is 0 Å². The summed E-state index contributed by atoms with van der Waals surface area (Å²) in [6.07, 6.45) is 3.93. The van der Waals surface area contributed by atoms with Crippen molar-refractivity contribution in [3.8, 4) is 0 Å². The van der Waals surface area contributed by atoms with Crippen LogP contribution in [-0.2, 0) is 9.59 Å². The number of ketones is 2. The Morgan fingerprint density at radius 2 is 1.25 bits per heavy atom. The maximum Gasteiger partial charge on any atom is 0.173 e. The topological polar surface area (TPSA) is 58.9 Å². The van der Waals surface area contributed by atoms with Crippen LogP contribution >= 0.6 is 0 Å². The maximum absolute atomic E-state index is 10.5. The largest absolute Gasteiger partial charge is 0.293 e. The van der Waals surface area contributed by atoms with Crippen molar-refractivity contribution in [1.82, 2.24) is 0 Å². The molecule has 0 aromatic carbocycles. The molecule has 0 aliphatic carbocycles. The molecule has 88 valence electrons. The molecular formula is C12H18N2O2. The van der Waals surface area contributed by atoms with Gasteiger partial charge in [-0.1, -0.05) is 0 Å². The van der Waals surface area contributed by atoms with E-state index < -0.39 is 0 Å². The van der Waals surface area contributed by atoms with Crippen molar-refractivity contribution in [2.45, 2.75) is 39.5 Å². The van der Waals surface area contributed by atoms with Gasteiger partial charge in [0.1, 0.15) is 0 Å². The van der Waals surface area contributed by atoms with E-state index in [-0.39, 0.29) is 11.6 Å². The van der Waals surface area contributed by atoms with Crippen molar-refractivity contribution in [3.63, 3.8) is 0 Å². The SMILES string of the molecule is CC(=O)C1=NCCC1.CC(=O)C1=NCCC1. The van der Waals surface area contributed by atoms with E-state index in [1.165, 1.54) is 0 Å². The molecule has 2 aliphatic rings. The molecule has 0 amide bonds. The summed E-state index contributed by atoms with van der Waals surface area (Å²) in [4.78, 5) is 29.0. The first-order valence-electron chi connectivity index (χ1n) is 5.70. The van der Waals surface area contributed by atoms with Crippen molar-refractivity contribution in [2.75, 3.05) is 13.1 Å². The van der Waals surface area contributed by atoms with E-state index in [0.29, 0.717) is 0 Å². The highest BCUT2D eigenvalue weighted by Gasteiger charge is 2.09. The highest BCUT2D eigenvalue weighted by molar-refractivity contribution is 6.39. The molecule has 2 heterocycles. The fraction of sp³-hybridized carbons (Fsp3) is 0.667. The molecule has 0 N–H and O–H groups in total. The lowest BCUT2D eigenvalue weighted by atomic mass is 10.2. The van der Waals surface area contributed by atoms with E-state index in [2.05, 4.69) is 9.98 Å². The highest BCUT2D eigenvalue weighted by Crippen LogP contribution is 2.04. The molecule has 16 heavy (non-hydrogen) atoms. The van der Waals surface area contributed by atoms with Gasteiger partial charge in [0.05, 0.1) is 11.4 Å². The van der Waals surface area contributed by atoms with Gasteiger partial charge in [0.15, 0.2) is 11.6 Å². The number of hydrogen-bond donors (Lipinski definition) is 0. The number of Topliss-reactive ketones (excluding diaryl/α,β-unsaturated/α-hetero) is 2. The van der Waals surface area contributed by atoms with Gasteiger partial charge in [-0.15, -0.1) is 0 Å². The Morgan fingerprint density at radius 1 is 0.875 bits per heavy atom. The van der Waals surface area contributed by atoms with Gasteiger partial charge >= 0.3 is 0 Å². The lowest BCUT2D eigenvalue weighted by Crippen LogP contribution is -2.04. The number of aliphatic imine (C=N–C) groups is 2. The van der Waals surface area contributed by atoms with Crippen LogP contribution in [0.3, 0.4) is 0 Å². The lowest BCUT2D eigenvalue weighted by Gasteiger charge is -1.86. The van der Waals surface area contributed by atoms with Gasteiger partial charge in [-0.25, -0.2) is 0 Å². The van der Waals surface area contributed by atoms with Crippen molar-refractivity contribution in [3.05, 3.63) is 0 Å². The minimum atomic E-state index is 0.141. The Kier molecular flexibility index (Phi) is 5.02. The van der Waals surface area contributed by atoms with Crippen LogP contribution in [0.25, 0.3) is 0 Å². The van der Waals surface area contributed by atoms with Crippen molar-refractivity contribution in [2.24, 2.45) is 9.98 Å². The van der Waals surface area contributed by atoms with Gasteiger partial charge in [-0.3, -0.25) is 19.6 Å². The predicted molar refractivity (Wildman–Crippen MR) is 64.4 cm³/mol. The summed E-state index contributed by atoms with van der Waals surface area (Å²) in [5.74, 6) is 0.282. The molecule has 0 saturated heterocycles. The molecular weight excluding hydrogens is 204 g/mol. The third kappa shape index (κ3) is 4.04. The minimum Gasteiger partial charge on any atom is -0.293 e. The normalized spacial score (nSPS) is 18.4. The molecule has 0 saturated carbocycles. The molecule has 0 atom stereocenters. The molecule has 0 unspecified atom stereocenters. The van der Waals surface area contributed by atoms with Crippen molar-refractivity contribution < 1.29 is 9.59 Å². The van der Waals surface area contributed by atoms with Gasteiger partial charge in [0, 0.05) is 26.9 Å². The Labute approximate surface area is 95.9 Å². The van der Waals surface area contributed by atoms with Crippen LogP contribution < -0.4 is 0 Å². The average molecular weight is 222 g/mol. The molecule has 0 aromatic heterocycles. The summed E-state index contributed by atoms with van der Waals surface area (Å²) in [6.45, 7) is 4.86. The fourth-order valence-electron chi connectivity index (χ4n) is 1.65. The van der Waals surface area contributed by atoms with E-state index in [1.807, 2.05) is 0 Å². The first-order valence-corrected chi connectivity index (χ1v) is 5.70. The Bertz CT molecular complexity index is 309. The van der Waals surface area contributed by atoms with Gasteiger partial charge < -0.3 is 0 Å². The van der Waals surface area contributed by atoms with Crippen molar-refractivity contribution in [1.29, 1.82) is 0 Å². The Balaban J connectivity index is 0.000000160. The standard InChI is InChI=1S/2C6H9NO/c2*1-5(8)6-3-2-4-7-6/h2*2-4H2,1H3. The number of rotatable bonds is 2. The van der Waals surface area contributed by atoms with Crippen LogP contribution in [0.2, 0.25) is 0 Å². The average Bonchev–Trinajstić information content (AvgIpc) is 2.93. The van der Waals surface area contributed by atoms with Gasteiger partial charge in [0.2, 0.25) is 0 Å². The maximum atomic E-state index is 10.5. The molecule has 0 fully saturated rings. The van der Waals surface area contributed by atoms with E-state index in [9.17, 15) is 9.59 Å². The predicted octanol–water partition coefficient (Wildman–Crippen LogP) is 1.62. The summed E-state index contributed by atoms with van der Waals surface area (Å²) < 4.78 is 0. The third-order valence-electron chi connectivity index (χ3n) is 2.56. The zero-order valence-electron chi connectivity index (χ0n) is 9.95. The molecule has 2 rings (SSSR count). The zero-order chi connectivity index (χ0) is 12.0. The van der Waals surface area contributed by atoms with E-state index >= 15 is 0 Å². The minimum absolute atomic E-state index is 0.141. The Morgan fingerprint density at radius 3 is 1.38 bits per heavy atom. The summed E-state index contributed by atoms with van der Waals surface area (Å²) in [5.41, 5.74) is 1.56. The fourth-order valence-corrected chi connectivity index (χ4v) is 1.65. The second-order valence-corrected chi connectivity index (χ2v) is 3.98. The van der Waals surface area contributed by atoms with Crippen molar-refractivity contribution >= 4 is 23.0 Å². The third-order valence-corrected chi connectivity index (χ3v) is 2.56. The quantitative estimate of drug-likeness (QED) is 0.712. The van der Waals surface area contributed by atoms with Gasteiger partial charge in [-0.05, 0) is 25.7 Å². The summed E-state index contributed by atoms with van der Waals surface area (Å²) in [7, 11) is 0. The highest BCUT2D eigenvalue weighted by atomic mass is 16.1. The molecule has 0 aromatic rings. The van der Waals surface area contributed by atoms with E-state index in [1.54, 1.807) is 13.8 Å². The summed E-state index contributed by atoms with van der Waals surface area (Å²) >= 11 is 0. The lowest BCUT2D eigenvalue weighted by molar-refractivity contribution is -0.111. The van der Waals surface area contributed by atoms with Crippen LogP contribution in [0.15, 0.2) is 9.98 Å². The smallest absolute Gasteiger partial charge is 0.173 e. The Hall–Kier alpha value is -1.32. The molecule has 0 bridgehead atoms. The molecule has 4 nitrogen and oxygen atoms in total. The van der Waals surface area contributed by atoms with E-state index in [0.717, 1.165) is 50.2 Å². The second-order valence-electron chi connectivity index (χ2n) is 3.98. The van der Waals surface area contributed by atoms with Crippen LogP contribution in [-0.4, -0.2) is 36.1 Å². The molecule has 0 radical (unpaired) electrons. The van der Waals surface area contributed by atoms with Crippen LogP contribution in [0, 0.1) is 0 Å². The van der Waals surface area contributed by atoms with Gasteiger partial charge in [-0.2, -0.15) is 0 Å². The molecule has 0 spiro atoms. The van der Waals surface area contributed by atoms with E-state index in [4.69, 9.17) is 0 Å². The number of carbonyl (C=O) groups excluding carboxylic acids is 2. The number of nitrogens with zero attached hydrogens (tertiary/aromatic N) is 2. The number of hydrogen-bond acceptors (Lipinski definition) is 4. The van der Waals surface area contributed by atoms with Crippen LogP contribution in [0.4, 0.5) is 0 Å². The number of carbonyl (C=O) groups is 2. The molecule has 4 heteroatoms. The molecule has 2 aliphatic heterocycles.